The second kappa shape index (κ2) is 9.47. The maximum atomic E-state index is 13.1. The molecule has 1 atom stereocenters. The van der Waals surface area contributed by atoms with Crippen LogP contribution in [0, 0.1) is 11.7 Å². The molecule has 3 nitrogen and oxygen atoms in total. The van der Waals surface area contributed by atoms with Crippen LogP contribution in [0.1, 0.15) is 24.0 Å². The van der Waals surface area contributed by atoms with E-state index in [1.807, 2.05) is 24.4 Å². The molecule has 3 aromatic rings. The second-order valence-corrected chi connectivity index (χ2v) is 8.37. The van der Waals surface area contributed by atoms with Gasteiger partial charge in [0.25, 0.3) is 0 Å². The van der Waals surface area contributed by atoms with E-state index in [0.29, 0.717) is 5.92 Å². The largest absolute Gasteiger partial charge is 0.303 e. The molecule has 1 aliphatic rings. The van der Waals surface area contributed by atoms with Gasteiger partial charge in [0.05, 0.1) is 5.52 Å². The topological polar surface area (TPSA) is 19.4 Å². The van der Waals surface area contributed by atoms with Crippen molar-refractivity contribution < 1.29 is 4.39 Å². The average Bonchev–Trinajstić information content (AvgIpc) is 2.74. The Hall–Kier alpha value is -2.30. The highest BCUT2D eigenvalue weighted by Gasteiger charge is 2.21. The van der Waals surface area contributed by atoms with Gasteiger partial charge in [0.15, 0.2) is 0 Å². The standard InChI is InChI=1S/C25H30FN3/c1-28(19-22-6-2-8-25-24(22)7-3-14-27-25)17-21-5-4-15-29(18-21)16-13-20-9-11-23(26)12-10-20/h2-3,6-12,14,21H,4-5,13,15-19H2,1H3. The lowest BCUT2D eigenvalue weighted by atomic mass is 9.96. The van der Waals surface area contributed by atoms with E-state index in [9.17, 15) is 4.39 Å². The van der Waals surface area contributed by atoms with Gasteiger partial charge >= 0.3 is 0 Å². The van der Waals surface area contributed by atoms with Crippen LogP contribution in [0.25, 0.3) is 10.9 Å². The number of hydrogen-bond acceptors (Lipinski definition) is 3. The second-order valence-electron chi connectivity index (χ2n) is 8.37. The molecule has 1 aromatic heterocycles. The average molecular weight is 392 g/mol. The van der Waals surface area contributed by atoms with Crippen molar-refractivity contribution in [1.29, 1.82) is 0 Å². The van der Waals surface area contributed by atoms with Crippen molar-refractivity contribution in [2.45, 2.75) is 25.8 Å². The summed E-state index contributed by atoms with van der Waals surface area (Å²) in [6.07, 6.45) is 5.42. The number of hydrogen-bond donors (Lipinski definition) is 0. The fourth-order valence-corrected chi connectivity index (χ4v) is 4.54. The van der Waals surface area contributed by atoms with E-state index in [4.69, 9.17) is 0 Å². The summed E-state index contributed by atoms with van der Waals surface area (Å²) in [5, 5.41) is 1.26. The van der Waals surface area contributed by atoms with Gasteiger partial charge in [-0.2, -0.15) is 0 Å². The summed E-state index contributed by atoms with van der Waals surface area (Å²) in [5.41, 5.74) is 3.64. The lowest BCUT2D eigenvalue weighted by Crippen LogP contribution is -2.40. The summed E-state index contributed by atoms with van der Waals surface area (Å²) >= 11 is 0. The third-order valence-electron chi connectivity index (χ3n) is 5.98. The van der Waals surface area contributed by atoms with Crippen LogP contribution >= 0.6 is 0 Å². The Morgan fingerprint density at radius 2 is 1.97 bits per heavy atom. The van der Waals surface area contributed by atoms with Crippen LogP contribution in [0.2, 0.25) is 0 Å². The first-order valence-corrected chi connectivity index (χ1v) is 10.7. The van der Waals surface area contributed by atoms with Crippen molar-refractivity contribution in [2.75, 3.05) is 33.2 Å². The van der Waals surface area contributed by atoms with E-state index in [1.54, 1.807) is 12.1 Å². The molecule has 2 aromatic carbocycles. The lowest BCUT2D eigenvalue weighted by molar-refractivity contribution is 0.142. The summed E-state index contributed by atoms with van der Waals surface area (Å²) in [6, 6.07) is 17.5. The maximum absolute atomic E-state index is 13.1. The molecule has 2 heterocycles. The third-order valence-corrected chi connectivity index (χ3v) is 5.98. The molecule has 0 aliphatic carbocycles. The first-order chi connectivity index (χ1) is 14.2. The van der Waals surface area contributed by atoms with Gasteiger partial charge in [-0.05, 0) is 74.2 Å². The summed E-state index contributed by atoms with van der Waals surface area (Å²) in [4.78, 5) is 9.51. The molecule has 0 amide bonds. The summed E-state index contributed by atoms with van der Waals surface area (Å²) in [5.74, 6) is 0.548. The van der Waals surface area contributed by atoms with E-state index in [1.165, 1.54) is 35.9 Å². The Bertz CT molecular complexity index is 920. The monoisotopic (exact) mass is 391 g/mol. The highest BCUT2D eigenvalue weighted by molar-refractivity contribution is 5.81. The van der Waals surface area contributed by atoms with E-state index < -0.39 is 0 Å². The first kappa shape index (κ1) is 20.0. The van der Waals surface area contributed by atoms with Crippen LogP contribution in [-0.4, -0.2) is 48.0 Å². The number of pyridine rings is 1. The SMILES string of the molecule is CN(Cc1cccc2ncccc12)CC1CCCN(CCc2ccc(F)cc2)C1. The Morgan fingerprint density at radius 1 is 1.10 bits per heavy atom. The van der Waals surface area contributed by atoms with Gasteiger partial charge in [-0.15, -0.1) is 0 Å². The first-order valence-electron chi connectivity index (χ1n) is 10.7. The van der Waals surface area contributed by atoms with Crippen LogP contribution in [-0.2, 0) is 13.0 Å². The number of aromatic nitrogens is 1. The van der Waals surface area contributed by atoms with Gasteiger partial charge in [-0.3, -0.25) is 4.98 Å². The molecule has 0 N–H and O–H groups in total. The molecule has 0 bridgehead atoms. The van der Waals surface area contributed by atoms with Crippen molar-refractivity contribution in [1.82, 2.24) is 14.8 Å². The molecule has 0 saturated carbocycles. The smallest absolute Gasteiger partial charge is 0.123 e. The molecule has 1 aliphatic heterocycles. The van der Waals surface area contributed by atoms with Gasteiger partial charge in [0, 0.05) is 37.8 Å². The van der Waals surface area contributed by atoms with Gasteiger partial charge in [-0.25, -0.2) is 4.39 Å². The highest BCUT2D eigenvalue weighted by atomic mass is 19.1. The van der Waals surface area contributed by atoms with E-state index >= 15 is 0 Å². The maximum Gasteiger partial charge on any atom is 0.123 e. The molecule has 29 heavy (non-hydrogen) atoms. The fraction of sp³-hybridized carbons (Fsp3) is 0.400. The van der Waals surface area contributed by atoms with Crippen molar-refractivity contribution in [3.05, 3.63) is 77.7 Å². The molecule has 1 unspecified atom stereocenters. The summed E-state index contributed by atoms with van der Waals surface area (Å²) in [6.45, 7) is 5.46. The van der Waals surface area contributed by atoms with Gasteiger partial charge in [0.2, 0.25) is 0 Å². The Labute approximate surface area is 173 Å². The highest BCUT2D eigenvalue weighted by Crippen LogP contribution is 2.21. The molecule has 152 valence electrons. The molecule has 4 rings (SSSR count). The molecular formula is C25H30FN3. The summed E-state index contributed by atoms with van der Waals surface area (Å²) < 4.78 is 13.1. The number of rotatable bonds is 7. The Balaban J connectivity index is 1.30. The van der Waals surface area contributed by atoms with Gasteiger partial charge in [0.1, 0.15) is 5.82 Å². The normalized spacial score (nSPS) is 17.8. The van der Waals surface area contributed by atoms with Gasteiger partial charge < -0.3 is 9.80 Å². The lowest BCUT2D eigenvalue weighted by Gasteiger charge is -2.35. The van der Waals surface area contributed by atoms with E-state index in [2.05, 4.69) is 46.1 Å². The molecule has 0 spiro atoms. The zero-order valence-corrected chi connectivity index (χ0v) is 17.2. The van der Waals surface area contributed by atoms with Crippen LogP contribution in [0.3, 0.4) is 0 Å². The fourth-order valence-electron chi connectivity index (χ4n) is 4.54. The minimum absolute atomic E-state index is 0.156. The Kier molecular flexibility index (Phi) is 6.53. The van der Waals surface area contributed by atoms with Crippen molar-refractivity contribution in [3.63, 3.8) is 0 Å². The van der Waals surface area contributed by atoms with Crippen LogP contribution in [0.15, 0.2) is 60.8 Å². The molecule has 1 fully saturated rings. The van der Waals surface area contributed by atoms with Crippen molar-refractivity contribution in [3.8, 4) is 0 Å². The number of benzene rings is 2. The van der Waals surface area contributed by atoms with Crippen LogP contribution < -0.4 is 0 Å². The quantitative estimate of drug-likeness (QED) is 0.579. The molecule has 1 saturated heterocycles. The van der Waals surface area contributed by atoms with Gasteiger partial charge in [-0.1, -0.05) is 30.3 Å². The van der Waals surface area contributed by atoms with Crippen molar-refractivity contribution >= 4 is 10.9 Å². The predicted octanol–water partition coefficient (Wildman–Crippen LogP) is 4.76. The predicted molar refractivity (Wildman–Crippen MR) is 117 cm³/mol. The molecule has 0 radical (unpaired) electrons. The number of halogens is 1. The zero-order valence-electron chi connectivity index (χ0n) is 17.2. The number of likely N-dealkylation sites (tertiary alicyclic amines) is 1. The van der Waals surface area contributed by atoms with Crippen LogP contribution in [0.4, 0.5) is 4.39 Å². The summed E-state index contributed by atoms with van der Waals surface area (Å²) in [7, 11) is 2.23. The minimum atomic E-state index is -0.156. The number of fused-ring (bicyclic) bond motifs is 1. The number of piperidine rings is 1. The zero-order chi connectivity index (χ0) is 20.1. The number of nitrogens with zero attached hydrogens (tertiary/aromatic N) is 3. The van der Waals surface area contributed by atoms with Crippen molar-refractivity contribution in [2.24, 2.45) is 5.92 Å². The third kappa shape index (κ3) is 5.40. The Morgan fingerprint density at radius 3 is 2.83 bits per heavy atom. The minimum Gasteiger partial charge on any atom is -0.303 e. The van der Waals surface area contributed by atoms with E-state index in [0.717, 1.165) is 38.1 Å². The molecule has 4 heteroatoms. The van der Waals surface area contributed by atoms with Crippen LogP contribution in [0.5, 0.6) is 0 Å². The molecular weight excluding hydrogens is 361 g/mol. The van der Waals surface area contributed by atoms with E-state index in [-0.39, 0.29) is 5.82 Å².